The molecule has 1 aromatic carbocycles. The summed E-state index contributed by atoms with van der Waals surface area (Å²) < 4.78 is 32.9. The first kappa shape index (κ1) is 16.1. The summed E-state index contributed by atoms with van der Waals surface area (Å²) in [5, 5.41) is 8.01. The van der Waals surface area contributed by atoms with Gasteiger partial charge in [0.2, 0.25) is 5.13 Å². The normalized spacial score (nSPS) is 11.4. The second-order valence-electron chi connectivity index (χ2n) is 4.04. The molecule has 0 saturated carbocycles. The summed E-state index contributed by atoms with van der Waals surface area (Å²) >= 11 is 2.74. The molecule has 0 radical (unpaired) electrons. The van der Waals surface area contributed by atoms with Gasteiger partial charge >= 0.3 is 0 Å². The van der Waals surface area contributed by atoms with Gasteiger partial charge in [-0.15, -0.1) is 10.2 Å². The lowest BCUT2D eigenvalue weighted by atomic mass is 10.2. The molecule has 0 bridgehead atoms. The highest BCUT2D eigenvalue weighted by Crippen LogP contribution is 2.28. The number of hydrogen-bond donors (Lipinski definition) is 1. The first-order chi connectivity index (χ1) is 9.96. The lowest BCUT2D eigenvalue weighted by molar-refractivity contribution is 0.411. The minimum atomic E-state index is -3.67. The third kappa shape index (κ3) is 3.86. The molecule has 0 fully saturated rings. The van der Waals surface area contributed by atoms with E-state index in [9.17, 15) is 8.42 Å². The third-order valence-corrected chi connectivity index (χ3v) is 5.89. The zero-order valence-corrected chi connectivity index (χ0v) is 14.2. The predicted molar refractivity (Wildman–Crippen MR) is 84.8 cm³/mol. The molecule has 114 valence electrons. The number of nitrogens with zero attached hydrogens (tertiary/aromatic N) is 2. The van der Waals surface area contributed by atoms with E-state index < -0.39 is 10.0 Å². The summed E-state index contributed by atoms with van der Waals surface area (Å²) in [5.41, 5.74) is 0.750. The maximum atomic E-state index is 12.3. The van der Waals surface area contributed by atoms with Gasteiger partial charge in [-0.1, -0.05) is 30.0 Å². The Morgan fingerprint density at radius 2 is 2.14 bits per heavy atom. The van der Waals surface area contributed by atoms with E-state index in [-0.39, 0.29) is 10.0 Å². The Morgan fingerprint density at radius 3 is 2.76 bits per heavy atom. The number of methoxy groups -OCH3 is 1. The van der Waals surface area contributed by atoms with Crippen molar-refractivity contribution in [3.8, 4) is 5.75 Å². The summed E-state index contributed by atoms with van der Waals surface area (Å²) in [5.74, 6) is 1.51. The molecule has 9 heteroatoms. The monoisotopic (exact) mass is 345 g/mol. The van der Waals surface area contributed by atoms with Gasteiger partial charge in [-0.2, -0.15) is 0 Å². The van der Waals surface area contributed by atoms with Gasteiger partial charge in [0.05, 0.1) is 12.0 Å². The third-order valence-electron chi connectivity index (χ3n) is 2.57. The Kier molecular flexibility index (Phi) is 5.07. The van der Waals surface area contributed by atoms with Crippen LogP contribution in [0.15, 0.2) is 27.4 Å². The molecule has 0 aliphatic rings. The Hall–Kier alpha value is -1.32. The molecule has 2 aromatic rings. The molecule has 0 aliphatic heterocycles. The van der Waals surface area contributed by atoms with Gasteiger partial charge < -0.3 is 4.74 Å². The van der Waals surface area contributed by atoms with Crippen LogP contribution in [0.5, 0.6) is 5.75 Å². The lowest BCUT2D eigenvalue weighted by Crippen LogP contribution is -2.13. The average Bonchev–Trinajstić information content (AvgIpc) is 2.85. The number of benzene rings is 1. The topological polar surface area (TPSA) is 81.2 Å². The molecular weight excluding hydrogens is 330 g/mol. The molecule has 0 atom stereocenters. The number of rotatable bonds is 6. The van der Waals surface area contributed by atoms with Gasteiger partial charge in [-0.25, -0.2) is 8.42 Å². The zero-order chi connectivity index (χ0) is 15.5. The molecule has 21 heavy (non-hydrogen) atoms. The van der Waals surface area contributed by atoms with Gasteiger partial charge in [0.1, 0.15) is 5.75 Å². The van der Waals surface area contributed by atoms with Crippen molar-refractivity contribution >= 4 is 38.3 Å². The van der Waals surface area contributed by atoms with Crippen LogP contribution in [0.3, 0.4) is 0 Å². The second-order valence-corrected chi connectivity index (χ2v) is 8.21. The van der Waals surface area contributed by atoms with Gasteiger partial charge in [-0.05, 0) is 36.4 Å². The van der Waals surface area contributed by atoms with Crippen molar-refractivity contribution < 1.29 is 13.2 Å². The van der Waals surface area contributed by atoms with Crippen LogP contribution in [-0.4, -0.2) is 31.5 Å². The summed E-state index contributed by atoms with van der Waals surface area (Å²) in [7, 11) is -2.12. The SMILES string of the molecule is CCSc1nnc(NS(=O)(=O)c2ccc(OC)c(C)c2)s1. The molecule has 6 nitrogen and oxygen atoms in total. The highest BCUT2D eigenvalue weighted by atomic mass is 32.2. The molecule has 1 heterocycles. The number of nitrogens with one attached hydrogen (secondary N) is 1. The van der Waals surface area contributed by atoms with E-state index in [1.165, 1.54) is 29.2 Å². The number of hydrogen-bond acceptors (Lipinski definition) is 7. The highest BCUT2D eigenvalue weighted by Gasteiger charge is 2.18. The van der Waals surface area contributed by atoms with E-state index in [0.29, 0.717) is 5.75 Å². The van der Waals surface area contributed by atoms with Crippen LogP contribution in [-0.2, 0) is 10.0 Å². The number of thioether (sulfide) groups is 1. The smallest absolute Gasteiger partial charge is 0.263 e. The van der Waals surface area contributed by atoms with Crippen LogP contribution in [0.4, 0.5) is 5.13 Å². The molecule has 1 aromatic heterocycles. The van der Waals surface area contributed by atoms with Crippen LogP contribution in [0.25, 0.3) is 0 Å². The van der Waals surface area contributed by atoms with Crippen molar-refractivity contribution in [2.24, 2.45) is 0 Å². The van der Waals surface area contributed by atoms with Crippen LogP contribution in [0.1, 0.15) is 12.5 Å². The van der Waals surface area contributed by atoms with Crippen molar-refractivity contribution in [1.82, 2.24) is 10.2 Å². The van der Waals surface area contributed by atoms with E-state index in [1.807, 2.05) is 6.92 Å². The Balaban J connectivity index is 2.23. The van der Waals surface area contributed by atoms with Crippen LogP contribution in [0.2, 0.25) is 0 Å². The number of aryl methyl sites for hydroxylation is 1. The minimum Gasteiger partial charge on any atom is -0.496 e. The quantitative estimate of drug-likeness (QED) is 0.811. The Morgan fingerprint density at radius 1 is 1.38 bits per heavy atom. The minimum absolute atomic E-state index is 0.167. The maximum absolute atomic E-state index is 12.3. The van der Waals surface area contributed by atoms with Crippen molar-refractivity contribution in [2.45, 2.75) is 23.1 Å². The Bertz CT molecular complexity index is 728. The summed E-state index contributed by atoms with van der Waals surface area (Å²) in [6, 6.07) is 4.68. The van der Waals surface area contributed by atoms with Crippen LogP contribution >= 0.6 is 23.1 Å². The average molecular weight is 345 g/mol. The summed E-state index contributed by atoms with van der Waals surface area (Å²) in [6.45, 7) is 3.79. The molecule has 2 rings (SSSR count). The van der Waals surface area contributed by atoms with E-state index >= 15 is 0 Å². The van der Waals surface area contributed by atoms with Crippen molar-refractivity contribution in [1.29, 1.82) is 0 Å². The van der Waals surface area contributed by atoms with E-state index in [2.05, 4.69) is 14.9 Å². The molecule has 0 spiro atoms. The van der Waals surface area contributed by atoms with Gasteiger partial charge in [0, 0.05) is 0 Å². The maximum Gasteiger partial charge on any atom is 0.263 e. The predicted octanol–water partition coefficient (Wildman–Crippen LogP) is 2.77. The van der Waals surface area contributed by atoms with Gasteiger partial charge in [0.25, 0.3) is 10.0 Å². The standard InChI is InChI=1S/C12H15N3O3S3/c1-4-19-12-14-13-11(20-12)15-21(16,17)9-5-6-10(18-3)8(2)7-9/h5-7H,4H2,1-3H3,(H,13,15). The molecule has 0 aliphatic carbocycles. The number of sulfonamides is 1. The lowest BCUT2D eigenvalue weighted by Gasteiger charge is -2.08. The van der Waals surface area contributed by atoms with Gasteiger partial charge in [-0.3, -0.25) is 4.72 Å². The largest absolute Gasteiger partial charge is 0.496 e. The summed E-state index contributed by atoms with van der Waals surface area (Å²) in [6.07, 6.45) is 0. The fraction of sp³-hybridized carbons (Fsp3) is 0.333. The molecule has 1 N–H and O–H groups in total. The van der Waals surface area contributed by atoms with E-state index in [1.54, 1.807) is 26.2 Å². The zero-order valence-electron chi connectivity index (χ0n) is 11.8. The van der Waals surface area contributed by atoms with Gasteiger partial charge in [0.15, 0.2) is 4.34 Å². The number of anilines is 1. The fourth-order valence-electron chi connectivity index (χ4n) is 1.62. The van der Waals surface area contributed by atoms with E-state index in [4.69, 9.17) is 4.74 Å². The number of ether oxygens (including phenoxy) is 1. The molecular formula is C12H15N3O3S3. The number of aromatic nitrogens is 2. The second kappa shape index (κ2) is 6.63. The Labute approximate surface area is 132 Å². The van der Waals surface area contributed by atoms with Crippen LogP contribution in [0, 0.1) is 6.92 Å². The molecule has 0 unspecified atom stereocenters. The van der Waals surface area contributed by atoms with Crippen molar-refractivity contribution in [2.75, 3.05) is 17.6 Å². The van der Waals surface area contributed by atoms with Crippen molar-refractivity contribution in [3.63, 3.8) is 0 Å². The molecule has 0 saturated heterocycles. The fourth-order valence-corrected chi connectivity index (χ4v) is 4.59. The van der Waals surface area contributed by atoms with Crippen LogP contribution < -0.4 is 9.46 Å². The summed E-state index contributed by atoms with van der Waals surface area (Å²) in [4.78, 5) is 0.167. The first-order valence-electron chi connectivity index (χ1n) is 6.10. The highest BCUT2D eigenvalue weighted by molar-refractivity contribution is 8.01. The van der Waals surface area contributed by atoms with Crippen molar-refractivity contribution in [3.05, 3.63) is 23.8 Å². The first-order valence-corrected chi connectivity index (χ1v) is 9.38. The van der Waals surface area contributed by atoms with E-state index in [0.717, 1.165) is 15.7 Å². The molecule has 0 amide bonds.